The molecule has 8 heteroatoms. The number of anilines is 1. The van der Waals surface area contributed by atoms with Crippen molar-refractivity contribution in [2.75, 3.05) is 12.4 Å². The summed E-state index contributed by atoms with van der Waals surface area (Å²) in [6.45, 7) is 7.94. The van der Waals surface area contributed by atoms with Gasteiger partial charge in [-0.05, 0) is 51.7 Å². The summed E-state index contributed by atoms with van der Waals surface area (Å²) in [6.07, 6.45) is 7.41. The lowest BCUT2D eigenvalue weighted by Crippen LogP contribution is -2.61. The van der Waals surface area contributed by atoms with Crippen LogP contribution in [-0.4, -0.2) is 59.1 Å². The van der Waals surface area contributed by atoms with Gasteiger partial charge in [-0.15, -0.1) is 0 Å². The molecule has 0 unspecified atom stereocenters. The molecule has 0 aromatic heterocycles. The van der Waals surface area contributed by atoms with E-state index >= 15 is 0 Å². The molecule has 1 aromatic rings. The van der Waals surface area contributed by atoms with Gasteiger partial charge >= 0.3 is 0 Å². The number of carbonyl (C=O) groups excluding carboxylic acids is 3. The van der Waals surface area contributed by atoms with Crippen LogP contribution in [0.2, 0.25) is 0 Å². The highest BCUT2D eigenvalue weighted by atomic mass is 16.5. The lowest BCUT2D eigenvalue weighted by atomic mass is 9.74. The van der Waals surface area contributed by atoms with E-state index in [2.05, 4.69) is 17.6 Å². The molecule has 3 fully saturated rings. The van der Waals surface area contributed by atoms with Gasteiger partial charge in [0.2, 0.25) is 17.7 Å². The molecule has 3 aliphatic heterocycles. The number of hydrogen-bond acceptors (Lipinski definition) is 5. The second-order valence-electron chi connectivity index (χ2n) is 11.7. The minimum absolute atomic E-state index is 0.0772. The number of hydrogen-bond donors (Lipinski definition) is 2. The summed E-state index contributed by atoms with van der Waals surface area (Å²) in [6, 6.07) is 6.35. The summed E-state index contributed by atoms with van der Waals surface area (Å²) in [5, 5.41) is 6.20. The van der Waals surface area contributed by atoms with E-state index in [4.69, 9.17) is 9.47 Å². The monoisotopic (exact) mass is 495 g/mol. The van der Waals surface area contributed by atoms with Gasteiger partial charge in [0.1, 0.15) is 17.4 Å². The molecule has 5 rings (SSSR count). The van der Waals surface area contributed by atoms with Crippen LogP contribution >= 0.6 is 0 Å². The van der Waals surface area contributed by atoms with Crippen molar-refractivity contribution in [2.45, 2.75) is 82.7 Å². The number of carbonyl (C=O) groups is 3. The van der Waals surface area contributed by atoms with E-state index in [0.29, 0.717) is 17.4 Å². The Morgan fingerprint density at radius 3 is 2.61 bits per heavy atom. The lowest BCUT2D eigenvalue weighted by molar-refractivity contribution is -0.147. The average Bonchev–Trinajstić information content (AvgIpc) is 3.47. The number of ether oxygens (including phenoxy) is 2. The highest BCUT2D eigenvalue weighted by molar-refractivity contribution is 6.03. The summed E-state index contributed by atoms with van der Waals surface area (Å²) in [5.74, 6) is -1.20. The van der Waals surface area contributed by atoms with Gasteiger partial charge in [-0.3, -0.25) is 14.4 Å². The van der Waals surface area contributed by atoms with Crippen LogP contribution in [0.1, 0.15) is 53.4 Å². The van der Waals surface area contributed by atoms with Gasteiger partial charge in [-0.2, -0.15) is 0 Å². The predicted octanol–water partition coefficient (Wildman–Crippen LogP) is 3.28. The van der Waals surface area contributed by atoms with Gasteiger partial charge in [0.05, 0.1) is 25.0 Å². The molecule has 4 aliphatic rings. The molecule has 8 nitrogen and oxygen atoms in total. The molecule has 2 N–H and O–H groups in total. The molecule has 1 spiro atoms. The quantitative estimate of drug-likeness (QED) is 0.611. The largest absolute Gasteiger partial charge is 0.497 e. The standard InChI is InChI=1S/C28H37N3O5/c1-16-9-6-7-12-19(16)30-25(33)23-28-14-13-20(36-28)21(22(28)26(34)31(23)27(2,3)4)24(32)29-17-10-8-11-18(15-17)35-5/h8,10-11,13-16,19-23H,6-7,9,12H2,1-5H3,(H,29,32)(H,30,33)/t16-,19+,20+,21-,22+,23+,28+/m0/s1. The zero-order valence-corrected chi connectivity index (χ0v) is 21.7. The first-order chi connectivity index (χ1) is 17.1. The summed E-state index contributed by atoms with van der Waals surface area (Å²) >= 11 is 0. The average molecular weight is 496 g/mol. The van der Waals surface area contributed by atoms with E-state index in [0.717, 1.165) is 19.3 Å². The highest BCUT2D eigenvalue weighted by Gasteiger charge is 2.74. The molecule has 1 saturated carbocycles. The Labute approximate surface area is 212 Å². The number of fused-ring (bicyclic) bond motifs is 1. The lowest BCUT2D eigenvalue weighted by Gasteiger charge is -2.41. The number of rotatable bonds is 5. The van der Waals surface area contributed by atoms with E-state index in [1.54, 1.807) is 36.3 Å². The number of benzene rings is 1. The summed E-state index contributed by atoms with van der Waals surface area (Å²) < 4.78 is 11.7. The van der Waals surface area contributed by atoms with Crippen LogP contribution in [0.25, 0.3) is 0 Å². The minimum atomic E-state index is -1.16. The van der Waals surface area contributed by atoms with Crippen molar-refractivity contribution in [3.05, 3.63) is 36.4 Å². The molecule has 3 heterocycles. The molecule has 3 amide bonds. The van der Waals surface area contributed by atoms with Gasteiger partial charge in [0.25, 0.3) is 0 Å². The first-order valence-electron chi connectivity index (χ1n) is 13.0. The molecule has 0 radical (unpaired) electrons. The van der Waals surface area contributed by atoms with Gasteiger partial charge in [-0.1, -0.05) is 38.0 Å². The maximum absolute atomic E-state index is 14.0. The normalized spacial score (nSPS) is 35.0. The molecular weight excluding hydrogens is 458 g/mol. The van der Waals surface area contributed by atoms with Crippen LogP contribution in [-0.2, 0) is 19.1 Å². The minimum Gasteiger partial charge on any atom is -0.497 e. The number of likely N-dealkylation sites (tertiary alicyclic amines) is 1. The third-order valence-corrected chi connectivity index (χ3v) is 8.33. The Morgan fingerprint density at radius 1 is 1.17 bits per heavy atom. The zero-order valence-electron chi connectivity index (χ0n) is 21.7. The van der Waals surface area contributed by atoms with Gasteiger partial charge in [0, 0.05) is 23.3 Å². The molecule has 1 aliphatic carbocycles. The van der Waals surface area contributed by atoms with E-state index in [9.17, 15) is 14.4 Å². The van der Waals surface area contributed by atoms with Crippen molar-refractivity contribution in [3.8, 4) is 5.75 Å². The maximum Gasteiger partial charge on any atom is 0.246 e. The van der Waals surface area contributed by atoms with Gasteiger partial charge in [0.15, 0.2) is 0 Å². The molecule has 194 valence electrons. The fourth-order valence-corrected chi connectivity index (χ4v) is 6.61. The Morgan fingerprint density at radius 2 is 1.92 bits per heavy atom. The van der Waals surface area contributed by atoms with Crippen LogP contribution < -0.4 is 15.4 Å². The zero-order chi connectivity index (χ0) is 25.8. The Kier molecular flexibility index (Phi) is 6.14. The van der Waals surface area contributed by atoms with Crippen LogP contribution in [0.5, 0.6) is 5.75 Å². The number of nitrogens with one attached hydrogen (secondary N) is 2. The Hall–Kier alpha value is -2.87. The topological polar surface area (TPSA) is 97.0 Å². The van der Waals surface area contributed by atoms with Gasteiger partial charge in [-0.25, -0.2) is 0 Å². The van der Waals surface area contributed by atoms with Crippen molar-refractivity contribution in [3.63, 3.8) is 0 Å². The third kappa shape index (κ3) is 3.90. The molecule has 7 atom stereocenters. The summed E-state index contributed by atoms with van der Waals surface area (Å²) in [5.41, 5.74) is -1.20. The molecule has 2 bridgehead atoms. The third-order valence-electron chi connectivity index (χ3n) is 8.33. The van der Waals surface area contributed by atoms with Crippen molar-refractivity contribution in [1.29, 1.82) is 0 Å². The summed E-state index contributed by atoms with van der Waals surface area (Å²) in [4.78, 5) is 43.1. The first-order valence-corrected chi connectivity index (χ1v) is 13.0. The van der Waals surface area contributed by atoms with Crippen molar-refractivity contribution < 1.29 is 23.9 Å². The first kappa shape index (κ1) is 24.8. The highest BCUT2D eigenvalue weighted by Crippen LogP contribution is 2.56. The molecule has 2 saturated heterocycles. The predicted molar refractivity (Wildman–Crippen MR) is 135 cm³/mol. The van der Waals surface area contributed by atoms with E-state index in [1.165, 1.54) is 6.42 Å². The van der Waals surface area contributed by atoms with Crippen molar-refractivity contribution in [2.24, 2.45) is 17.8 Å². The van der Waals surface area contributed by atoms with Crippen LogP contribution in [0.3, 0.4) is 0 Å². The number of amides is 3. The molecule has 1 aromatic carbocycles. The fraction of sp³-hybridized carbons (Fsp3) is 0.607. The smallest absolute Gasteiger partial charge is 0.246 e. The number of nitrogens with zero attached hydrogens (tertiary/aromatic N) is 1. The second kappa shape index (κ2) is 8.91. The van der Waals surface area contributed by atoms with Crippen molar-refractivity contribution >= 4 is 23.4 Å². The number of methoxy groups -OCH3 is 1. The van der Waals surface area contributed by atoms with Crippen molar-refractivity contribution in [1.82, 2.24) is 10.2 Å². The van der Waals surface area contributed by atoms with E-state index in [-0.39, 0.29) is 23.8 Å². The van der Waals surface area contributed by atoms with Crippen LogP contribution in [0, 0.1) is 17.8 Å². The molecular formula is C28H37N3O5. The summed E-state index contributed by atoms with van der Waals surface area (Å²) in [7, 11) is 1.57. The van der Waals surface area contributed by atoms with E-state index < -0.39 is 35.1 Å². The van der Waals surface area contributed by atoms with Gasteiger partial charge < -0.3 is 25.0 Å². The second-order valence-corrected chi connectivity index (χ2v) is 11.7. The maximum atomic E-state index is 14.0. The fourth-order valence-electron chi connectivity index (χ4n) is 6.61. The van der Waals surface area contributed by atoms with Crippen LogP contribution in [0.15, 0.2) is 36.4 Å². The van der Waals surface area contributed by atoms with E-state index in [1.807, 2.05) is 32.9 Å². The SMILES string of the molecule is COc1cccc(NC(=O)[C@H]2[C@H]3C=C[C@@]4(O3)[C@H]2C(=O)N(C(C)(C)C)[C@@H]4C(=O)N[C@@H]2CCCC[C@@H]2C)c1. The Balaban J connectivity index is 1.46. The van der Waals surface area contributed by atoms with Crippen LogP contribution in [0.4, 0.5) is 5.69 Å². The molecule has 36 heavy (non-hydrogen) atoms. The Bertz CT molecular complexity index is 1090.